The van der Waals surface area contributed by atoms with E-state index in [4.69, 9.17) is 9.47 Å². The van der Waals surface area contributed by atoms with Crippen LogP contribution < -0.4 is 15.4 Å². The van der Waals surface area contributed by atoms with Crippen LogP contribution in [-0.2, 0) is 23.9 Å². The van der Waals surface area contributed by atoms with Gasteiger partial charge in [0.1, 0.15) is 23.7 Å². The Morgan fingerprint density at radius 3 is 2.32 bits per heavy atom. The molecule has 0 bridgehead atoms. The molecule has 0 aromatic heterocycles. The number of carbonyl (C=O) groups excluding carboxylic acids is 4. The fraction of sp³-hybridized carbons (Fsp3) is 0.462. The largest absolute Gasteiger partial charge is 0.483 e. The summed E-state index contributed by atoms with van der Waals surface area (Å²) in [5.74, 6) is -0.957. The lowest BCUT2D eigenvalue weighted by Gasteiger charge is -2.23. The van der Waals surface area contributed by atoms with Crippen LogP contribution in [0.15, 0.2) is 42.5 Å². The summed E-state index contributed by atoms with van der Waals surface area (Å²) in [7, 11) is 0. The number of carbonyl (C=O) groups is 4. The van der Waals surface area contributed by atoms with E-state index in [1.54, 1.807) is 26.8 Å². The number of fused-ring (bicyclic) bond motifs is 1. The molecular formula is C26H34N2O6. The van der Waals surface area contributed by atoms with Gasteiger partial charge in [-0.3, -0.25) is 14.4 Å². The van der Waals surface area contributed by atoms with E-state index < -0.39 is 35.5 Å². The number of esters is 1. The van der Waals surface area contributed by atoms with Crippen LogP contribution in [0.3, 0.4) is 0 Å². The van der Waals surface area contributed by atoms with E-state index in [-0.39, 0.29) is 18.9 Å². The van der Waals surface area contributed by atoms with Crippen LogP contribution in [0, 0.1) is 5.92 Å². The van der Waals surface area contributed by atoms with Gasteiger partial charge in [0.25, 0.3) is 5.91 Å². The molecule has 8 nitrogen and oxygen atoms in total. The van der Waals surface area contributed by atoms with E-state index in [1.165, 1.54) is 0 Å². The second-order valence-corrected chi connectivity index (χ2v) is 9.56. The van der Waals surface area contributed by atoms with Crippen molar-refractivity contribution < 1.29 is 28.7 Å². The van der Waals surface area contributed by atoms with Crippen molar-refractivity contribution in [3.8, 4) is 5.75 Å². The Bertz CT molecular complexity index is 1010. The molecule has 34 heavy (non-hydrogen) atoms. The molecule has 2 aromatic carbocycles. The highest BCUT2D eigenvalue weighted by atomic mass is 16.6. The minimum Gasteiger partial charge on any atom is -0.483 e. The van der Waals surface area contributed by atoms with Crippen LogP contribution in [0.1, 0.15) is 47.5 Å². The summed E-state index contributed by atoms with van der Waals surface area (Å²) in [6.45, 7) is 8.70. The predicted octanol–water partition coefficient (Wildman–Crippen LogP) is 3.17. The molecule has 0 saturated heterocycles. The van der Waals surface area contributed by atoms with Crippen LogP contribution in [0.25, 0.3) is 10.8 Å². The van der Waals surface area contributed by atoms with Crippen molar-refractivity contribution in [2.24, 2.45) is 5.92 Å². The number of aldehydes is 1. The van der Waals surface area contributed by atoms with Gasteiger partial charge in [-0.1, -0.05) is 50.2 Å². The Morgan fingerprint density at radius 1 is 1.00 bits per heavy atom. The fourth-order valence-electron chi connectivity index (χ4n) is 3.38. The molecule has 1 unspecified atom stereocenters. The summed E-state index contributed by atoms with van der Waals surface area (Å²) in [6.07, 6.45) is 0.544. The Morgan fingerprint density at radius 2 is 1.68 bits per heavy atom. The summed E-state index contributed by atoms with van der Waals surface area (Å²) >= 11 is 0. The molecule has 2 N–H and O–H groups in total. The fourth-order valence-corrected chi connectivity index (χ4v) is 3.38. The number of ether oxygens (including phenoxy) is 2. The van der Waals surface area contributed by atoms with E-state index in [9.17, 15) is 19.2 Å². The molecule has 184 valence electrons. The Balaban J connectivity index is 1.99. The van der Waals surface area contributed by atoms with Gasteiger partial charge in [0.2, 0.25) is 5.91 Å². The monoisotopic (exact) mass is 470 g/mol. The van der Waals surface area contributed by atoms with Crippen LogP contribution in [0.5, 0.6) is 5.75 Å². The SMILES string of the molecule is CC(C)C[C@H](NC(=O)COc1cccc2ccccc12)C(=O)NC(C=O)CC(=O)OC(C)(C)C. The number of benzene rings is 2. The molecule has 0 fully saturated rings. The third kappa shape index (κ3) is 8.84. The quantitative estimate of drug-likeness (QED) is 0.386. The van der Waals surface area contributed by atoms with E-state index in [0.29, 0.717) is 18.5 Å². The van der Waals surface area contributed by atoms with Crippen LogP contribution >= 0.6 is 0 Å². The van der Waals surface area contributed by atoms with Crippen molar-refractivity contribution in [2.75, 3.05) is 6.61 Å². The molecule has 0 heterocycles. The summed E-state index contributed by atoms with van der Waals surface area (Å²) in [5.41, 5.74) is -0.702. The first-order chi connectivity index (χ1) is 16.0. The molecule has 0 radical (unpaired) electrons. The average molecular weight is 471 g/mol. The van der Waals surface area contributed by atoms with Crippen molar-refractivity contribution in [1.82, 2.24) is 10.6 Å². The van der Waals surface area contributed by atoms with Crippen molar-refractivity contribution in [2.45, 2.75) is 65.1 Å². The van der Waals surface area contributed by atoms with E-state index >= 15 is 0 Å². The van der Waals surface area contributed by atoms with Gasteiger partial charge in [-0.05, 0) is 44.6 Å². The highest BCUT2D eigenvalue weighted by molar-refractivity contribution is 5.91. The standard InChI is InChI=1S/C26H34N2O6/c1-17(2)13-21(25(32)27-19(15-29)14-24(31)34-26(3,4)5)28-23(30)16-33-22-12-8-10-18-9-6-7-11-20(18)22/h6-12,15,17,19,21H,13-14,16H2,1-5H3,(H,27,32)(H,28,30)/t19?,21-/m0/s1. The lowest BCUT2D eigenvalue weighted by Crippen LogP contribution is -2.52. The van der Waals surface area contributed by atoms with Gasteiger partial charge >= 0.3 is 5.97 Å². The highest BCUT2D eigenvalue weighted by Crippen LogP contribution is 2.25. The van der Waals surface area contributed by atoms with Crippen LogP contribution in [0.4, 0.5) is 0 Å². The van der Waals surface area contributed by atoms with Gasteiger partial charge in [0, 0.05) is 5.39 Å². The van der Waals surface area contributed by atoms with Gasteiger partial charge in [-0.2, -0.15) is 0 Å². The van der Waals surface area contributed by atoms with Gasteiger partial charge < -0.3 is 24.9 Å². The second kappa shape index (κ2) is 12.2. The van der Waals surface area contributed by atoms with Crippen LogP contribution in [0.2, 0.25) is 0 Å². The lowest BCUT2D eigenvalue weighted by atomic mass is 10.0. The van der Waals surface area contributed by atoms with E-state index in [2.05, 4.69) is 10.6 Å². The predicted molar refractivity (Wildman–Crippen MR) is 129 cm³/mol. The summed E-state index contributed by atoms with van der Waals surface area (Å²) in [5, 5.41) is 7.08. The first kappa shape index (κ1) is 26.8. The van der Waals surface area contributed by atoms with Crippen molar-refractivity contribution >= 4 is 34.8 Å². The molecular weight excluding hydrogens is 436 g/mol. The number of amides is 2. The normalized spacial score (nSPS) is 13.1. The molecule has 2 rings (SSSR count). The first-order valence-corrected chi connectivity index (χ1v) is 11.4. The van der Waals surface area contributed by atoms with E-state index in [0.717, 1.165) is 10.8 Å². The maximum absolute atomic E-state index is 12.8. The Labute approximate surface area is 200 Å². The molecule has 2 atom stereocenters. The zero-order valence-electron chi connectivity index (χ0n) is 20.4. The van der Waals surface area contributed by atoms with E-state index in [1.807, 2.05) is 50.2 Å². The van der Waals surface area contributed by atoms with Crippen molar-refractivity contribution in [1.29, 1.82) is 0 Å². The molecule has 0 aliphatic rings. The smallest absolute Gasteiger partial charge is 0.308 e. The maximum atomic E-state index is 12.8. The zero-order chi connectivity index (χ0) is 25.3. The summed E-state index contributed by atoms with van der Waals surface area (Å²) in [6, 6.07) is 11.3. The molecule has 0 aliphatic carbocycles. The van der Waals surface area contributed by atoms with Crippen molar-refractivity contribution in [3.63, 3.8) is 0 Å². The Kier molecular flexibility index (Phi) is 9.59. The molecule has 2 aromatic rings. The maximum Gasteiger partial charge on any atom is 0.308 e. The van der Waals surface area contributed by atoms with Crippen molar-refractivity contribution in [3.05, 3.63) is 42.5 Å². The van der Waals surface area contributed by atoms with Gasteiger partial charge in [0.15, 0.2) is 6.61 Å². The zero-order valence-corrected chi connectivity index (χ0v) is 20.4. The number of hydrogen-bond acceptors (Lipinski definition) is 6. The second-order valence-electron chi connectivity index (χ2n) is 9.56. The summed E-state index contributed by atoms with van der Waals surface area (Å²) in [4.78, 5) is 48.9. The molecule has 2 amide bonds. The van der Waals surface area contributed by atoms with Gasteiger partial charge in [-0.25, -0.2) is 0 Å². The first-order valence-electron chi connectivity index (χ1n) is 11.4. The van der Waals surface area contributed by atoms with Gasteiger partial charge in [0.05, 0.1) is 12.5 Å². The minimum absolute atomic E-state index is 0.0931. The van der Waals surface area contributed by atoms with Crippen LogP contribution in [-0.4, -0.2) is 48.4 Å². The molecule has 0 saturated carbocycles. The molecule has 0 aliphatic heterocycles. The number of hydrogen-bond donors (Lipinski definition) is 2. The topological polar surface area (TPSA) is 111 Å². The lowest BCUT2D eigenvalue weighted by molar-refractivity contribution is -0.156. The number of nitrogens with one attached hydrogen (secondary N) is 2. The third-order valence-electron chi connectivity index (χ3n) is 4.77. The van der Waals surface area contributed by atoms with Gasteiger partial charge in [-0.15, -0.1) is 0 Å². The average Bonchev–Trinajstić information content (AvgIpc) is 2.75. The Hall–Kier alpha value is -3.42. The highest BCUT2D eigenvalue weighted by Gasteiger charge is 2.27. The minimum atomic E-state index is -1.05. The third-order valence-corrected chi connectivity index (χ3v) is 4.77. The summed E-state index contributed by atoms with van der Waals surface area (Å²) < 4.78 is 10.9. The number of rotatable bonds is 11. The molecule has 8 heteroatoms. The molecule has 0 spiro atoms.